The Balaban J connectivity index is 1.66. The van der Waals surface area contributed by atoms with Crippen LogP contribution in [0.25, 0.3) is 0 Å². The number of amides is 1. The first-order valence-electron chi connectivity index (χ1n) is 10.6. The van der Waals surface area contributed by atoms with E-state index in [1.807, 2.05) is 13.8 Å². The zero-order valence-corrected chi connectivity index (χ0v) is 18.5. The molecule has 2 aliphatic heterocycles. The number of carbonyl (C=O) groups is 1. The van der Waals surface area contributed by atoms with Crippen molar-refractivity contribution in [2.24, 2.45) is 11.8 Å². The van der Waals surface area contributed by atoms with Crippen molar-refractivity contribution in [2.75, 3.05) is 24.5 Å². The molecule has 2 atom stereocenters. The summed E-state index contributed by atoms with van der Waals surface area (Å²) in [6.45, 7) is 5.24. The molecular formula is C23H26F2N2O3S. The fourth-order valence-corrected chi connectivity index (χ4v) is 6.48. The Morgan fingerprint density at radius 2 is 1.77 bits per heavy atom. The molecule has 0 N–H and O–H groups in total. The highest BCUT2D eigenvalue weighted by atomic mass is 32.2. The molecule has 31 heavy (non-hydrogen) atoms. The van der Waals surface area contributed by atoms with Gasteiger partial charge in [0.15, 0.2) is 0 Å². The van der Waals surface area contributed by atoms with E-state index in [-0.39, 0.29) is 34.5 Å². The standard InChI is InChI=1S/C23H26F2N2O3S/c1-15-9-16(2)14-26(13-15)31(29,30)20-7-3-5-18(11-20)23(28)27-8-4-6-17-10-19(24)12-21(25)22(17)27/h3,5,7,10-12,15-16H,4,6,8-9,13-14H2,1-2H3/t15-,16+. The number of benzene rings is 2. The van der Waals surface area contributed by atoms with Crippen LogP contribution in [0.3, 0.4) is 0 Å². The van der Waals surface area contributed by atoms with Crippen molar-refractivity contribution in [3.05, 3.63) is 59.2 Å². The summed E-state index contributed by atoms with van der Waals surface area (Å²) in [4.78, 5) is 14.6. The van der Waals surface area contributed by atoms with Crippen LogP contribution in [-0.2, 0) is 16.4 Å². The van der Waals surface area contributed by atoms with Gasteiger partial charge < -0.3 is 4.90 Å². The van der Waals surface area contributed by atoms with E-state index in [0.717, 1.165) is 12.5 Å². The van der Waals surface area contributed by atoms with Crippen molar-refractivity contribution in [2.45, 2.75) is 38.0 Å². The minimum absolute atomic E-state index is 0.0523. The van der Waals surface area contributed by atoms with Gasteiger partial charge in [-0.05, 0) is 60.9 Å². The van der Waals surface area contributed by atoms with E-state index in [1.54, 1.807) is 0 Å². The molecule has 0 spiro atoms. The molecule has 0 radical (unpaired) electrons. The fourth-order valence-electron chi connectivity index (χ4n) is 4.75. The number of carbonyl (C=O) groups excluding carboxylic acids is 1. The predicted octanol–water partition coefficient (Wildman–Crippen LogP) is 4.22. The Morgan fingerprint density at radius 3 is 2.48 bits per heavy atom. The van der Waals surface area contributed by atoms with Crippen LogP contribution in [0.15, 0.2) is 41.3 Å². The van der Waals surface area contributed by atoms with E-state index in [4.69, 9.17) is 0 Å². The molecule has 2 aliphatic rings. The number of anilines is 1. The van der Waals surface area contributed by atoms with Crippen molar-refractivity contribution in [1.29, 1.82) is 0 Å². The van der Waals surface area contributed by atoms with E-state index < -0.39 is 27.6 Å². The highest BCUT2D eigenvalue weighted by Gasteiger charge is 2.33. The Bertz CT molecular complexity index is 1110. The average molecular weight is 449 g/mol. The van der Waals surface area contributed by atoms with Gasteiger partial charge in [-0.25, -0.2) is 17.2 Å². The third-order valence-corrected chi connectivity index (χ3v) is 7.83. The minimum atomic E-state index is -3.75. The Kier molecular flexibility index (Phi) is 5.87. The first kappa shape index (κ1) is 21.9. The van der Waals surface area contributed by atoms with Crippen molar-refractivity contribution in [3.8, 4) is 0 Å². The summed E-state index contributed by atoms with van der Waals surface area (Å²) in [7, 11) is -3.75. The smallest absolute Gasteiger partial charge is 0.258 e. The molecule has 1 amide bonds. The second-order valence-corrected chi connectivity index (χ2v) is 10.7. The molecule has 2 aromatic rings. The van der Waals surface area contributed by atoms with Crippen molar-refractivity contribution >= 4 is 21.6 Å². The molecular weight excluding hydrogens is 422 g/mol. The van der Waals surface area contributed by atoms with Crippen LogP contribution in [0, 0.1) is 23.5 Å². The van der Waals surface area contributed by atoms with Crippen LogP contribution in [0.5, 0.6) is 0 Å². The van der Waals surface area contributed by atoms with Gasteiger partial charge in [0, 0.05) is 31.3 Å². The molecule has 0 aromatic heterocycles. The number of hydrogen-bond donors (Lipinski definition) is 0. The lowest BCUT2D eigenvalue weighted by Gasteiger charge is -2.34. The molecule has 166 valence electrons. The Morgan fingerprint density at radius 1 is 1.06 bits per heavy atom. The highest BCUT2D eigenvalue weighted by Crippen LogP contribution is 2.33. The van der Waals surface area contributed by atoms with Gasteiger partial charge in [0.1, 0.15) is 11.6 Å². The van der Waals surface area contributed by atoms with Crippen LogP contribution in [0.1, 0.15) is 42.6 Å². The Labute approximate surface area is 181 Å². The summed E-state index contributed by atoms with van der Waals surface area (Å²) in [6, 6.07) is 7.91. The van der Waals surface area contributed by atoms with Gasteiger partial charge in [-0.2, -0.15) is 4.31 Å². The van der Waals surface area contributed by atoms with E-state index >= 15 is 0 Å². The normalized spacial score (nSPS) is 22.3. The second-order valence-electron chi connectivity index (χ2n) is 8.75. The van der Waals surface area contributed by atoms with Gasteiger partial charge in [0.05, 0.1) is 10.6 Å². The molecule has 8 heteroatoms. The minimum Gasteiger partial charge on any atom is -0.305 e. The number of nitrogens with zero attached hydrogens (tertiary/aromatic N) is 2. The summed E-state index contributed by atoms with van der Waals surface area (Å²) in [6.07, 6.45) is 2.03. The fraction of sp³-hybridized carbons (Fsp3) is 0.435. The van der Waals surface area contributed by atoms with Crippen LogP contribution < -0.4 is 4.90 Å². The topological polar surface area (TPSA) is 57.7 Å². The molecule has 0 saturated carbocycles. The first-order valence-corrected chi connectivity index (χ1v) is 12.0. The summed E-state index contributed by atoms with van der Waals surface area (Å²) >= 11 is 0. The van der Waals surface area contributed by atoms with Gasteiger partial charge in [0.2, 0.25) is 10.0 Å². The third-order valence-electron chi connectivity index (χ3n) is 6.00. The number of hydrogen-bond acceptors (Lipinski definition) is 3. The molecule has 1 saturated heterocycles. The number of aryl methyl sites for hydroxylation is 1. The predicted molar refractivity (Wildman–Crippen MR) is 115 cm³/mol. The van der Waals surface area contributed by atoms with E-state index in [9.17, 15) is 22.0 Å². The van der Waals surface area contributed by atoms with Crippen LogP contribution in [-0.4, -0.2) is 38.3 Å². The quantitative estimate of drug-likeness (QED) is 0.706. The van der Waals surface area contributed by atoms with Crippen LogP contribution in [0.4, 0.5) is 14.5 Å². The maximum Gasteiger partial charge on any atom is 0.258 e. The van der Waals surface area contributed by atoms with Gasteiger partial charge >= 0.3 is 0 Å². The molecule has 1 fully saturated rings. The summed E-state index contributed by atoms with van der Waals surface area (Å²) in [5.74, 6) is -1.44. The largest absolute Gasteiger partial charge is 0.305 e. The number of sulfonamides is 1. The number of halogens is 2. The lowest BCUT2D eigenvalue weighted by molar-refractivity contribution is 0.0984. The molecule has 0 bridgehead atoms. The van der Waals surface area contributed by atoms with Crippen molar-refractivity contribution in [1.82, 2.24) is 4.31 Å². The maximum absolute atomic E-state index is 14.5. The van der Waals surface area contributed by atoms with Crippen LogP contribution >= 0.6 is 0 Å². The van der Waals surface area contributed by atoms with Crippen LogP contribution in [0.2, 0.25) is 0 Å². The van der Waals surface area contributed by atoms with E-state index in [0.29, 0.717) is 31.5 Å². The van der Waals surface area contributed by atoms with E-state index in [2.05, 4.69) is 0 Å². The zero-order valence-electron chi connectivity index (χ0n) is 17.6. The van der Waals surface area contributed by atoms with Crippen molar-refractivity contribution in [3.63, 3.8) is 0 Å². The zero-order chi connectivity index (χ0) is 22.3. The lowest BCUT2D eigenvalue weighted by atomic mass is 9.94. The van der Waals surface area contributed by atoms with Gasteiger partial charge in [-0.15, -0.1) is 0 Å². The first-order chi connectivity index (χ1) is 14.7. The number of rotatable bonds is 3. The van der Waals surface area contributed by atoms with E-state index in [1.165, 1.54) is 39.5 Å². The van der Waals surface area contributed by atoms with Gasteiger partial charge in [0.25, 0.3) is 5.91 Å². The lowest BCUT2D eigenvalue weighted by Crippen LogP contribution is -2.42. The second kappa shape index (κ2) is 8.31. The average Bonchev–Trinajstić information content (AvgIpc) is 2.72. The number of fused-ring (bicyclic) bond motifs is 1. The van der Waals surface area contributed by atoms with Crippen molar-refractivity contribution < 1.29 is 22.0 Å². The highest BCUT2D eigenvalue weighted by molar-refractivity contribution is 7.89. The van der Waals surface area contributed by atoms with Gasteiger partial charge in [-0.3, -0.25) is 4.79 Å². The SMILES string of the molecule is C[C@@H]1C[C@H](C)CN(S(=O)(=O)c2cccc(C(=O)N3CCCc4cc(F)cc(F)c43)c2)C1. The monoisotopic (exact) mass is 448 g/mol. The van der Waals surface area contributed by atoms with Gasteiger partial charge in [-0.1, -0.05) is 19.9 Å². The maximum atomic E-state index is 14.5. The summed E-state index contributed by atoms with van der Waals surface area (Å²) in [5.41, 5.74) is 0.678. The molecule has 2 heterocycles. The molecule has 4 rings (SSSR count). The third kappa shape index (κ3) is 4.23. The molecule has 0 unspecified atom stereocenters. The molecule has 5 nitrogen and oxygen atoms in total. The Hall–Kier alpha value is -2.32. The number of piperidine rings is 1. The molecule has 2 aromatic carbocycles. The summed E-state index contributed by atoms with van der Waals surface area (Å²) < 4.78 is 56.0. The molecule has 0 aliphatic carbocycles. The summed E-state index contributed by atoms with van der Waals surface area (Å²) in [5, 5.41) is 0.